The molecule has 0 spiro atoms. The van der Waals surface area contributed by atoms with Crippen molar-refractivity contribution in [2.75, 3.05) is 6.61 Å². The van der Waals surface area contributed by atoms with Crippen molar-refractivity contribution in [1.82, 2.24) is 24.3 Å². The number of fused-ring (bicyclic) bond motifs is 1. The average molecular weight is 398 g/mol. The summed E-state index contributed by atoms with van der Waals surface area (Å²) in [6.07, 6.45) is 0.0330. The number of rotatable bonds is 7. The van der Waals surface area contributed by atoms with Gasteiger partial charge in [-0.05, 0) is 19.1 Å². The number of benzene rings is 1. The maximum Gasteiger partial charge on any atom is 0.313 e. The monoisotopic (exact) mass is 398 g/mol. The van der Waals surface area contributed by atoms with Gasteiger partial charge < -0.3 is 9.30 Å². The van der Waals surface area contributed by atoms with Crippen molar-refractivity contribution in [3.05, 3.63) is 46.3 Å². The van der Waals surface area contributed by atoms with Crippen molar-refractivity contribution in [2.24, 2.45) is 7.05 Å². The molecule has 0 atom stereocenters. The van der Waals surface area contributed by atoms with Crippen LogP contribution in [0.1, 0.15) is 18.6 Å². The van der Waals surface area contributed by atoms with Gasteiger partial charge in [-0.2, -0.15) is 5.26 Å². The summed E-state index contributed by atoms with van der Waals surface area (Å²) in [4.78, 5) is 28.9. The fraction of sp³-hybridized carbons (Fsp3) is 0.333. The van der Waals surface area contributed by atoms with E-state index in [-0.39, 0.29) is 24.5 Å². The summed E-state index contributed by atoms with van der Waals surface area (Å²) in [5.74, 6) is 0.924. The minimum absolute atomic E-state index is 0.0330. The van der Waals surface area contributed by atoms with E-state index in [2.05, 4.69) is 15.2 Å². The highest BCUT2D eigenvalue weighted by molar-refractivity contribution is 7.98. The van der Waals surface area contributed by atoms with Crippen LogP contribution < -0.4 is 5.56 Å². The molecule has 0 unspecified atom stereocenters. The molecule has 9 nitrogen and oxygen atoms in total. The summed E-state index contributed by atoms with van der Waals surface area (Å²) in [7, 11) is 1.76. The molecule has 28 heavy (non-hydrogen) atoms. The summed E-state index contributed by atoms with van der Waals surface area (Å²) in [5, 5.41) is 18.3. The van der Waals surface area contributed by atoms with Crippen LogP contribution in [0.4, 0.5) is 0 Å². The lowest BCUT2D eigenvalue weighted by Crippen LogP contribution is -2.24. The molecule has 0 aliphatic heterocycles. The Hall–Kier alpha value is -3.19. The van der Waals surface area contributed by atoms with E-state index in [1.54, 1.807) is 36.7 Å². The molecule has 3 aromatic rings. The van der Waals surface area contributed by atoms with Gasteiger partial charge in [-0.3, -0.25) is 14.2 Å². The molecule has 0 bridgehead atoms. The number of aromatic nitrogens is 5. The smallest absolute Gasteiger partial charge is 0.313 e. The largest absolute Gasteiger partial charge is 0.466 e. The first-order valence-electron chi connectivity index (χ1n) is 8.57. The molecule has 2 heterocycles. The zero-order valence-corrected chi connectivity index (χ0v) is 16.3. The molecule has 0 amide bonds. The van der Waals surface area contributed by atoms with Gasteiger partial charge in [0.25, 0.3) is 5.56 Å². The summed E-state index contributed by atoms with van der Waals surface area (Å²) in [6, 6.07) is 9.04. The van der Waals surface area contributed by atoms with Gasteiger partial charge >= 0.3 is 5.97 Å². The number of para-hydroxylation sites is 1. The van der Waals surface area contributed by atoms with Crippen LogP contribution in [0.3, 0.4) is 0 Å². The maximum atomic E-state index is 12.7. The van der Waals surface area contributed by atoms with Crippen LogP contribution in [0.5, 0.6) is 0 Å². The Kier molecular flexibility index (Phi) is 6.06. The third-order valence-corrected chi connectivity index (χ3v) is 5.05. The predicted octanol–water partition coefficient (Wildman–Crippen LogP) is 1.45. The van der Waals surface area contributed by atoms with E-state index in [1.807, 2.05) is 12.1 Å². The highest BCUT2D eigenvalue weighted by Gasteiger charge is 2.16. The molecule has 0 fully saturated rings. The molecular weight excluding hydrogens is 380 g/mol. The molecule has 10 heteroatoms. The SMILES string of the molecule is CCOC(=O)Cc1nnc(SCc2nc3ccccc3c(=O)n2CC#N)n1C. The van der Waals surface area contributed by atoms with E-state index in [0.29, 0.717) is 40.1 Å². The number of nitrogens with zero attached hydrogens (tertiary/aromatic N) is 6. The van der Waals surface area contributed by atoms with Gasteiger partial charge in [0.15, 0.2) is 5.16 Å². The van der Waals surface area contributed by atoms with Crippen LogP contribution in [-0.4, -0.2) is 36.9 Å². The third kappa shape index (κ3) is 4.04. The van der Waals surface area contributed by atoms with Crippen LogP contribution in [0.2, 0.25) is 0 Å². The molecule has 0 N–H and O–H groups in total. The molecule has 3 rings (SSSR count). The van der Waals surface area contributed by atoms with Crippen molar-refractivity contribution in [3.63, 3.8) is 0 Å². The number of hydrogen-bond acceptors (Lipinski definition) is 8. The number of hydrogen-bond donors (Lipinski definition) is 0. The Bertz CT molecular complexity index is 1110. The van der Waals surface area contributed by atoms with Crippen molar-refractivity contribution >= 4 is 28.6 Å². The van der Waals surface area contributed by atoms with Crippen LogP contribution in [-0.2, 0) is 35.3 Å². The lowest BCUT2D eigenvalue weighted by Gasteiger charge is -2.10. The standard InChI is InChI=1S/C18H18N6O3S/c1-3-27-16(25)10-14-21-22-18(23(14)2)28-11-15-20-13-7-5-4-6-12(13)17(26)24(15)9-8-19/h4-7H,3,9-11H2,1-2H3. The molecule has 0 aliphatic carbocycles. The van der Waals surface area contributed by atoms with Gasteiger partial charge in [-0.25, -0.2) is 4.98 Å². The normalized spacial score (nSPS) is 10.8. The Morgan fingerprint density at radius 1 is 1.29 bits per heavy atom. The fourth-order valence-corrected chi connectivity index (χ4v) is 3.53. The van der Waals surface area contributed by atoms with Gasteiger partial charge in [-0.15, -0.1) is 10.2 Å². The van der Waals surface area contributed by atoms with Crippen LogP contribution in [0.15, 0.2) is 34.2 Å². The van der Waals surface area contributed by atoms with E-state index >= 15 is 0 Å². The quantitative estimate of drug-likeness (QED) is 0.434. The second-order valence-electron chi connectivity index (χ2n) is 5.82. The summed E-state index contributed by atoms with van der Waals surface area (Å²) < 4.78 is 8.00. The molecule has 1 aromatic carbocycles. The number of thioether (sulfide) groups is 1. The van der Waals surface area contributed by atoms with Crippen molar-refractivity contribution in [2.45, 2.75) is 30.8 Å². The third-order valence-electron chi connectivity index (χ3n) is 4.03. The number of ether oxygens (including phenoxy) is 1. The molecule has 0 saturated carbocycles. The molecule has 144 valence electrons. The molecule has 2 aromatic heterocycles. The molecule has 0 radical (unpaired) electrons. The first-order valence-corrected chi connectivity index (χ1v) is 9.55. The van der Waals surface area contributed by atoms with Crippen LogP contribution in [0, 0.1) is 11.3 Å². The maximum absolute atomic E-state index is 12.7. The van der Waals surface area contributed by atoms with Gasteiger partial charge in [0.1, 0.15) is 24.6 Å². The first-order chi connectivity index (χ1) is 13.5. The van der Waals surface area contributed by atoms with Gasteiger partial charge in [0, 0.05) is 7.05 Å². The van der Waals surface area contributed by atoms with Gasteiger partial charge in [-0.1, -0.05) is 23.9 Å². The number of carbonyl (C=O) groups excluding carboxylic acids is 1. The Morgan fingerprint density at radius 2 is 2.07 bits per heavy atom. The molecule has 0 saturated heterocycles. The van der Waals surface area contributed by atoms with Gasteiger partial charge in [0.2, 0.25) is 0 Å². The second-order valence-corrected chi connectivity index (χ2v) is 6.77. The Balaban J connectivity index is 1.85. The minimum atomic E-state index is -0.367. The van der Waals surface area contributed by atoms with Crippen LogP contribution in [0.25, 0.3) is 10.9 Å². The number of carbonyl (C=O) groups is 1. The lowest BCUT2D eigenvalue weighted by molar-refractivity contribution is -0.142. The predicted molar refractivity (Wildman–Crippen MR) is 103 cm³/mol. The number of nitriles is 1. The number of esters is 1. The zero-order chi connectivity index (χ0) is 20.1. The summed E-state index contributed by atoms with van der Waals surface area (Å²) >= 11 is 1.32. The highest BCUT2D eigenvalue weighted by atomic mass is 32.2. The topological polar surface area (TPSA) is 116 Å². The van der Waals surface area contributed by atoms with Crippen molar-refractivity contribution in [1.29, 1.82) is 5.26 Å². The van der Waals surface area contributed by atoms with E-state index in [1.165, 1.54) is 16.3 Å². The minimum Gasteiger partial charge on any atom is -0.466 e. The van der Waals surface area contributed by atoms with E-state index in [4.69, 9.17) is 10.00 Å². The second kappa shape index (κ2) is 8.67. The Labute approximate surface area is 165 Å². The van der Waals surface area contributed by atoms with E-state index in [9.17, 15) is 9.59 Å². The van der Waals surface area contributed by atoms with E-state index < -0.39 is 0 Å². The zero-order valence-electron chi connectivity index (χ0n) is 15.5. The molecule has 0 aliphatic rings. The lowest BCUT2D eigenvalue weighted by atomic mass is 10.2. The van der Waals surface area contributed by atoms with Crippen molar-refractivity contribution in [3.8, 4) is 6.07 Å². The Morgan fingerprint density at radius 3 is 2.82 bits per heavy atom. The van der Waals surface area contributed by atoms with Gasteiger partial charge in [0.05, 0.1) is 29.3 Å². The fourth-order valence-electron chi connectivity index (χ4n) is 2.65. The van der Waals surface area contributed by atoms with Crippen LogP contribution >= 0.6 is 11.8 Å². The average Bonchev–Trinajstić information content (AvgIpc) is 3.02. The first kappa shape index (κ1) is 19.6. The molecular formula is C18H18N6O3S. The summed E-state index contributed by atoms with van der Waals surface area (Å²) in [6.45, 7) is 1.97. The summed E-state index contributed by atoms with van der Waals surface area (Å²) in [5.41, 5.74) is 0.335. The van der Waals surface area contributed by atoms with Crippen molar-refractivity contribution < 1.29 is 9.53 Å². The highest BCUT2D eigenvalue weighted by Crippen LogP contribution is 2.21. The van der Waals surface area contributed by atoms with E-state index in [0.717, 1.165) is 0 Å².